The maximum Gasteiger partial charge on any atom is 0.410 e. The number of hydrogen-bond acceptors (Lipinski definition) is 5. The zero-order valence-corrected chi connectivity index (χ0v) is 16.6. The van der Waals surface area contributed by atoms with E-state index in [0.29, 0.717) is 0 Å². The molecule has 0 radical (unpaired) electrons. The van der Waals surface area contributed by atoms with Gasteiger partial charge in [0.15, 0.2) is 0 Å². The Balaban J connectivity index is 1.99. The molecule has 27 heavy (non-hydrogen) atoms. The molecule has 1 amide bonds. The van der Waals surface area contributed by atoms with E-state index in [1.54, 1.807) is 20.8 Å². The third-order valence-electron chi connectivity index (χ3n) is 5.97. The molecular formula is C20H31NO6. The van der Waals surface area contributed by atoms with Crippen molar-refractivity contribution < 1.29 is 29.0 Å². The van der Waals surface area contributed by atoms with Gasteiger partial charge < -0.3 is 19.9 Å². The Morgan fingerprint density at radius 1 is 1.26 bits per heavy atom. The van der Waals surface area contributed by atoms with Crippen molar-refractivity contribution in [1.29, 1.82) is 0 Å². The number of nitrogens with one attached hydrogen (secondary N) is 1. The summed E-state index contributed by atoms with van der Waals surface area (Å²) < 4.78 is 10.4. The summed E-state index contributed by atoms with van der Waals surface area (Å²) in [7, 11) is 0. The molecular weight excluding hydrogens is 350 g/mol. The van der Waals surface area contributed by atoms with Gasteiger partial charge in [0, 0.05) is 24.3 Å². The number of allylic oxidation sites excluding steroid dienone is 2. The minimum absolute atomic E-state index is 0.00245. The highest BCUT2D eigenvalue weighted by atomic mass is 16.7. The summed E-state index contributed by atoms with van der Waals surface area (Å²) in [4.78, 5) is 35.2. The van der Waals surface area contributed by atoms with Crippen LogP contribution in [0.3, 0.4) is 0 Å². The quantitative estimate of drug-likeness (QED) is 0.360. The molecule has 2 N–H and O–H groups in total. The number of esters is 1. The molecule has 0 bridgehead atoms. The molecule has 0 aromatic carbocycles. The number of carboxylic acid groups (broad SMARTS) is 1. The van der Waals surface area contributed by atoms with Crippen molar-refractivity contribution in [2.75, 3.05) is 6.54 Å². The van der Waals surface area contributed by atoms with Crippen molar-refractivity contribution in [2.45, 2.75) is 66.1 Å². The van der Waals surface area contributed by atoms with Crippen LogP contribution in [0.5, 0.6) is 0 Å². The van der Waals surface area contributed by atoms with Crippen LogP contribution in [0.2, 0.25) is 0 Å². The fraction of sp³-hybridized carbons (Fsp3) is 0.750. The second-order valence-corrected chi connectivity index (χ2v) is 8.15. The van der Waals surface area contributed by atoms with E-state index in [0.717, 1.165) is 19.3 Å². The Hall–Kier alpha value is -2.05. The first-order chi connectivity index (χ1) is 12.7. The van der Waals surface area contributed by atoms with E-state index in [1.807, 2.05) is 0 Å². The topological polar surface area (TPSA) is 102 Å². The maximum absolute atomic E-state index is 12.3. The van der Waals surface area contributed by atoms with E-state index < -0.39 is 29.7 Å². The fourth-order valence-electron chi connectivity index (χ4n) is 4.59. The van der Waals surface area contributed by atoms with Gasteiger partial charge in [-0.25, -0.2) is 4.79 Å². The number of hydrogen-bond donors (Lipinski definition) is 2. The molecule has 1 saturated carbocycles. The second kappa shape index (κ2) is 8.31. The van der Waals surface area contributed by atoms with Crippen molar-refractivity contribution in [1.82, 2.24) is 5.32 Å². The lowest BCUT2D eigenvalue weighted by Crippen LogP contribution is -2.59. The van der Waals surface area contributed by atoms with E-state index in [-0.39, 0.29) is 36.6 Å². The number of aliphatic carboxylic acids is 1. The summed E-state index contributed by atoms with van der Waals surface area (Å²) in [6.45, 7) is 7.60. The SMILES string of the molecule is CCC(=O)O[C@@H](OC(=O)NC[C@@]1(CC(=O)O)C[C@]2(CC)CC=C[C@@H]21)C(C)C. The van der Waals surface area contributed by atoms with Crippen molar-refractivity contribution in [3.05, 3.63) is 12.2 Å². The highest BCUT2D eigenvalue weighted by molar-refractivity contribution is 5.71. The zero-order valence-electron chi connectivity index (χ0n) is 16.6. The van der Waals surface area contributed by atoms with Crippen LogP contribution in [0.1, 0.15) is 59.8 Å². The van der Waals surface area contributed by atoms with Crippen LogP contribution in [-0.2, 0) is 19.1 Å². The van der Waals surface area contributed by atoms with E-state index in [4.69, 9.17) is 9.47 Å². The third-order valence-corrected chi connectivity index (χ3v) is 5.97. The summed E-state index contributed by atoms with van der Waals surface area (Å²) in [5, 5.41) is 12.1. The number of carboxylic acids is 1. The van der Waals surface area contributed by atoms with Gasteiger partial charge in [0.2, 0.25) is 0 Å². The van der Waals surface area contributed by atoms with Crippen molar-refractivity contribution >= 4 is 18.0 Å². The third kappa shape index (κ3) is 4.45. The minimum Gasteiger partial charge on any atom is -0.481 e. The van der Waals surface area contributed by atoms with E-state index in [1.165, 1.54) is 0 Å². The van der Waals surface area contributed by atoms with Gasteiger partial charge in [0.1, 0.15) is 0 Å². The number of ether oxygens (including phenoxy) is 2. The Kier molecular flexibility index (Phi) is 6.54. The molecule has 0 spiro atoms. The average Bonchev–Trinajstić information content (AvgIpc) is 2.95. The molecule has 0 unspecified atom stereocenters. The lowest BCUT2D eigenvalue weighted by atomic mass is 9.44. The highest BCUT2D eigenvalue weighted by Gasteiger charge is 2.62. The maximum atomic E-state index is 12.3. The van der Waals surface area contributed by atoms with E-state index in [9.17, 15) is 19.5 Å². The van der Waals surface area contributed by atoms with Gasteiger partial charge in [-0.2, -0.15) is 0 Å². The molecule has 152 valence electrons. The molecule has 1 fully saturated rings. The molecule has 0 aromatic rings. The molecule has 2 aliphatic carbocycles. The van der Waals surface area contributed by atoms with Gasteiger partial charge in [-0.15, -0.1) is 0 Å². The van der Waals surface area contributed by atoms with Crippen LogP contribution in [0.15, 0.2) is 12.2 Å². The van der Waals surface area contributed by atoms with Crippen LogP contribution < -0.4 is 5.32 Å². The molecule has 0 aromatic heterocycles. The first-order valence-electron chi connectivity index (χ1n) is 9.70. The Bertz CT molecular complexity index is 616. The van der Waals surface area contributed by atoms with E-state index >= 15 is 0 Å². The van der Waals surface area contributed by atoms with Crippen LogP contribution >= 0.6 is 0 Å². The Morgan fingerprint density at radius 3 is 2.52 bits per heavy atom. The number of rotatable bonds is 9. The molecule has 2 rings (SSSR count). The number of fused-ring (bicyclic) bond motifs is 1. The largest absolute Gasteiger partial charge is 0.481 e. The predicted octanol–water partition coefficient (Wildman–Crippen LogP) is 3.49. The molecule has 0 aliphatic heterocycles. The molecule has 2 aliphatic rings. The van der Waals surface area contributed by atoms with Gasteiger partial charge in [-0.1, -0.05) is 39.8 Å². The number of alkyl carbamates (subject to hydrolysis) is 1. The summed E-state index contributed by atoms with van der Waals surface area (Å²) in [6, 6.07) is 0. The smallest absolute Gasteiger partial charge is 0.410 e. The van der Waals surface area contributed by atoms with Gasteiger partial charge in [0.25, 0.3) is 6.29 Å². The summed E-state index contributed by atoms with van der Waals surface area (Å²) in [5.74, 6) is -1.35. The van der Waals surface area contributed by atoms with Crippen molar-refractivity contribution in [2.24, 2.45) is 22.7 Å². The van der Waals surface area contributed by atoms with Crippen LogP contribution in [0, 0.1) is 22.7 Å². The lowest BCUT2D eigenvalue weighted by Gasteiger charge is -2.60. The first kappa shape index (κ1) is 21.3. The summed E-state index contributed by atoms with van der Waals surface area (Å²) in [5.41, 5.74) is -0.376. The van der Waals surface area contributed by atoms with Gasteiger partial charge >= 0.3 is 18.0 Å². The lowest BCUT2D eigenvalue weighted by molar-refractivity contribution is -0.175. The van der Waals surface area contributed by atoms with Gasteiger partial charge in [0.05, 0.1) is 6.42 Å². The number of carbonyl (C=O) groups is 3. The summed E-state index contributed by atoms with van der Waals surface area (Å²) >= 11 is 0. The van der Waals surface area contributed by atoms with Crippen LogP contribution in [0.25, 0.3) is 0 Å². The normalized spacial score (nSPS) is 29.6. The van der Waals surface area contributed by atoms with Crippen LogP contribution in [0.4, 0.5) is 4.79 Å². The number of amides is 1. The van der Waals surface area contributed by atoms with Crippen molar-refractivity contribution in [3.8, 4) is 0 Å². The Labute approximate surface area is 160 Å². The fourth-order valence-corrected chi connectivity index (χ4v) is 4.59. The summed E-state index contributed by atoms with van der Waals surface area (Å²) in [6.07, 6.45) is 5.47. The van der Waals surface area contributed by atoms with Gasteiger partial charge in [-0.3, -0.25) is 9.59 Å². The molecule has 4 atom stereocenters. The standard InChI is InChI=1S/C20H31NO6/c1-5-16(24)26-17(13(3)4)27-18(25)21-12-20(10-15(22)23)11-19(6-2)9-7-8-14(19)20/h7-8,13-14,17H,5-6,9-12H2,1-4H3,(H,21,25)(H,22,23)/t14-,17-,19-,20+/m0/s1. The van der Waals surface area contributed by atoms with Crippen LogP contribution in [-0.4, -0.2) is 36.0 Å². The first-order valence-corrected chi connectivity index (χ1v) is 9.70. The molecule has 7 nitrogen and oxygen atoms in total. The monoisotopic (exact) mass is 381 g/mol. The average molecular weight is 381 g/mol. The molecule has 0 heterocycles. The van der Waals surface area contributed by atoms with E-state index in [2.05, 4.69) is 24.4 Å². The molecule has 0 saturated heterocycles. The van der Waals surface area contributed by atoms with Gasteiger partial charge in [-0.05, 0) is 30.6 Å². The Morgan fingerprint density at radius 2 is 1.96 bits per heavy atom. The number of carbonyl (C=O) groups excluding carboxylic acids is 2. The minimum atomic E-state index is -0.963. The molecule has 7 heteroatoms. The predicted molar refractivity (Wildman–Crippen MR) is 98.8 cm³/mol. The zero-order chi connectivity index (χ0) is 20.2. The van der Waals surface area contributed by atoms with Crippen molar-refractivity contribution in [3.63, 3.8) is 0 Å². The highest BCUT2D eigenvalue weighted by Crippen LogP contribution is 2.67. The second-order valence-electron chi connectivity index (χ2n) is 8.15.